The summed E-state index contributed by atoms with van der Waals surface area (Å²) in [6, 6.07) is 24.6. The summed E-state index contributed by atoms with van der Waals surface area (Å²) in [6.45, 7) is 1.32. The van der Waals surface area contributed by atoms with Crippen LogP contribution in [-0.4, -0.2) is 37.7 Å². The molecule has 1 aliphatic rings. The highest BCUT2D eigenvalue weighted by atomic mass is 16.5. The van der Waals surface area contributed by atoms with Gasteiger partial charge in [-0.15, -0.1) is 0 Å². The minimum Gasteiger partial charge on any atom is -0.489 e. The van der Waals surface area contributed by atoms with Crippen LogP contribution in [0.25, 0.3) is 0 Å². The standard InChI is InChI=1S/C28H31N3O4/c32-27(16-15-21-8-2-1-3-9-21)30-23-11-6-10-22(18-23)29-19-28(33)31-25-13-4-5-14-26(25)35-20-24-12-7-17-34-24/h1-6,8-11,13-14,18,24,29H,7,12,15-17,19-20H2,(H,30,32)(H,31,33). The highest BCUT2D eigenvalue weighted by Gasteiger charge is 2.17. The Hall–Kier alpha value is -3.84. The first-order valence-electron chi connectivity index (χ1n) is 12.0. The van der Waals surface area contributed by atoms with E-state index < -0.39 is 0 Å². The van der Waals surface area contributed by atoms with E-state index >= 15 is 0 Å². The summed E-state index contributed by atoms with van der Waals surface area (Å²) < 4.78 is 11.5. The quantitative estimate of drug-likeness (QED) is 0.370. The molecule has 0 bridgehead atoms. The number of carbonyl (C=O) groups is 2. The van der Waals surface area contributed by atoms with Gasteiger partial charge in [-0.25, -0.2) is 0 Å². The zero-order chi connectivity index (χ0) is 24.3. The first kappa shape index (κ1) is 24.3. The van der Waals surface area contributed by atoms with Crippen molar-refractivity contribution in [1.82, 2.24) is 0 Å². The number of rotatable bonds is 11. The Morgan fingerprint density at radius 3 is 2.51 bits per heavy atom. The fourth-order valence-electron chi connectivity index (χ4n) is 3.86. The number of anilines is 3. The molecule has 0 spiro atoms. The lowest BCUT2D eigenvalue weighted by atomic mass is 10.1. The van der Waals surface area contributed by atoms with Crippen molar-refractivity contribution >= 4 is 28.9 Å². The minimum absolute atomic E-state index is 0.0524. The van der Waals surface area contributed by atoms with Gasteiger partial charge in [0.2, 0.25) is 11.8 Å². The molecule has 1 atom stereocenters. The summed E-state index contributed by atoms with van der Waals surface area (Å²) in [5, 5.41) is 8.92. The van der Waals surface area contributed by atoms with Crippen molar-refractivity contribution in [3.63, 3.8) is 0 Å². The summed E-state index contributed by atoms with van der Waals surface area (Å²) in [7, 11) is 0. The molecular weight excluding hydrogens is 442 g/mol. The molecule has 7 heteroatoms. The monoisotopic (exact) mass is 473 g/mol. The van der Waals surface area contributed by atoms with Gasteiger partial charge < -0.3 is 25.4 Å². The van der Waals surface area contributed by atoms with Gasteiger partial charge in [0.05, 0.1) is 18.3 Å². The van der Waals surface area contributed by atoms with Crippen LogP contribution < -0.4 is 20.7 Å². The van der Waals surface area contributed by atoms with Gasteiger partial charge >= 0.3 is 0 Å². The van der Waals surface area contributed by atoms with Crippen LogP contribution in [0.4, 0.5) is 17.1 Å². The van der Waals surface area contributed by atoms with Crippen molar-refractivity contribution in [1.29, 1.82) is 0 Å². The molecule has 4 rings (SSSR count). The van der Waals surface area contributed by atoms with E-state index in [0.717, 1.165) is 30.7 Å². The zero-order valence-electron chi connectivity index (χ0n) is 19.7. The highest BCUT2D eigenvalue weighted by molar-refractivity contribution is 5.95. The number of ether oxygens (including phenoxy) is 2. The lowest BCUT2D eigenvalue weighted by molar-refractivity contribution is -0.116. The van der Waals surface area contributed by atoms with Crippen molar-refractivity contribution in [2.45, 2.75) is 31.8 Å². The summed E-state index contributed by atoms with van der Waals surface area (Å²) >= 11 is 0. The molecule has 1 unspecified atom stereocenters. The van der Waals surface area contributed by atoms with Crippen LogP contribution in [0.15, 0.2) is 78.9 Å². The average Bonchev–Trinajstić information content (AvgIpc) is 3.40. The van der Waals surface area contributed by atoms with Gasteiger partial charge in [-0.05, 0) is 55.2 Å². The SMILES string of the molecule is O=C(CCc1ccccc1)Nc1cccc(NCC(=O)Nc2ccccc2OCC2CCCO2)c1. The molecule has 3 aromatic rings. The van der Waals surface area contributed by atoms with Crippen molar-refractivity contribution < 1.29 is 19.1 Å². The first-order valence-corrected chi connectivity index (χ1v) is 12.0. The van der Waals surface area contributed by atoms with Gasteiger partial charge in [-0.3, -0.25) is 9.59 Å². The maximum Gasteiger partial charge on any atom is 0.243 e. The molecular formula is C28H31N3O4. The molecule has 1 heterocycles. The molecule has 0 aromatic heterocycles. The van der Waals surface area contributed by atoms with Crippen molar-refractivity contribution in [2.24, 2.45) is 0 Å². The van der Waals surface area contributed by atoms with Crippen LogP contribution >= 0.6 is 0 Å². The molecule has 0 aliphatic carbocycles. The Morgan fingerprint density at radius 2 is 1.69 bits per heavy atom. The third kappa shape index (κ3) is 7.86. The molecule has 3 N–H and O–H groups in total. The fraction of sp³-hybridized carbons (Fsp3) is 0.286. The van der Waals surface area contributed by atoms with Gasteiger partial charge in [0.1, 0.15) is 12.4 Å². The molecule has 1 saturated heterocycles. The van der Waals surface area contributed by atoms with E-state index in [1.54, 1.807) is 0 Å². The summed E-state index contributed by atoms with van der Waals surface area (Å²) in [6.07, 6.45) is 3.23. The average molecular weight is 474 g/mol. The van der Waals surface area contributed by atoms with Crippen molar-refractivity contribution in [3.05, 3.63) is 84.4 Å². The van der Waals surface area contributed by atoms with E-state index in [1.807, 2.05) is 78.9 Å². The smallest absolute Gasteiger partial charge is 0.243 e. The molecule has 2 amide bonds. The Morgan fingerprint density at radius 1 is 0.886 bits per heavy atom. The van der Waals surface area contributed by atoms with E-state index in [-0.39, 0.29) is 24.5 Å². The molecule has 0 saturated carbocycles. The van der Waals surface area contributed by atoms with Crippen LogP contribution in [0.5, 0.6) is 5.75 Å². The summed E-state index contributed by atoms with van der Waals surface area (Å²) in [5.74, 6) is 0.371. The molecule has 35 heavy (non-hydrogen) atoms. The molecule has 0 radical (unpaired) electrons. The minimum atomic E-state index is -0.199. The van der Waals surface area contributed by atoms with E-state index in [4.69, 9.17) is 9.47 Å². The number of benzene rings is 3. The first-order chi connectivity index (χ1) is 17.2. The summed E-state index contributed by atoms with van der Waals surface area (Å²) in [4.78, 5) is 24.9. The van der Waals surface area contributed by atoms with E-state index in [0.29, 0.717) is 36.6 Å². The molecule has 1 fully saturated rings. The third-order valence-corrected chi connectivity index (χ3v) is 5.69. The number of aryl methyl sites for hydroxylation is 1. The van der Waals surface area contributed by atoms with Crippen LogP contribution in [0.2, 0.25) is 0 Å². The van der Waals surface area contributed by atoms with Crippen LogP contribution in [0.3, 0.4) is 0 Å². The lowest BCUT2D eigenvalue weighted by Gasteiger charge is -2.15. The van der Waals surface area contributed by atoms with Gasteiger partial charge in [-0.1, -0.05) is 48.5 Å². The number of amides is 2. The van der Waals surface area contributed by atoms with Crippen molar-refractivity contribution in [2.75, 3.05) is 35.7 Å². The Kier molecular flexibility index (Phi) is 8.73. The van der Waals surface area contributed by atoms with E-state index in [2.05, 4.69) is 16.0 Å². The maximum absolute atomic E-state index is 12.6. The maximum atomic E-state index is 12.6. The largest absolute Gasteiger partial charge is 0.489 e. The Balaban J connectivity index is 1.24. The van der Waals surface area contributed by atoms with Crippen LogP contribution in [-0.2, 0) is 20.7 Å². The predicted molar refractivity (Wildman–Crippen MR) is 138 cm³/mol. The lowest BCUT2D eigenvalue weighted by Crippen LogP contribution is -2.23. The zero-order valence-corrected chi connectivity index (χ0v) is 19.7. The van der Waals surface area contributed by atoms with E-state index in [9.17, 15) is 9.59 Å². The molecule has 7 nitrogen and oxygen atoms in total. The topological polar surface area (TPSA) is 88.7 Å². The predicted octanol–water partition coefficient (Wildman–Crippen LogP) is 4.87. The normalized spacial score (nSPS) is 14.8. The number of carbonyl (C=O) groups excluding carboxylic acids is 2. The number of para-hydroxylation sites is 2. The molecule has 3 aromatic carbocycles. The Labute approximate surface area is 205 Å². The van der Waals surface area contributed by atoms with Crippen LogP contribution in [0.1, 0.15) is 24.8 Å². The second kappa shape index (κ2) is 12.6. The number of hydrogen-bond acceptors (Lipinski definition) is 5. The van der Waals surface area contributed by atoms with E-state index in [1.165, 1.54) is 0 Å². The second-order valence-corrected chi connectivity index (χ2v) is 8.46. The number of hydrogen-bond donors (Lipinski definition) is 3. The Bertz CT molecular complexity index is 1110. The second-order valence-electron chi connectivity index (χ2n) is 8.46. The number of nitrogens with one attached hydrogen (secondary N) is 3. The fourth-order valence-corrected chi connectivity index (χ4v) is 3.86. The van der Waals surface area contributed by atoms with Gasteiger partial charge in [0, 0.05) is 24.4 Å². The highest BCUT2D eigenvalue weighted by Crippen LogP contribution is 2.25. The summed E-state index contributed by atoms with van der Waals surface area (Å²) in [5.41, 5.74) is 3.17. The van der Waals surface area contributed by atoms with Gasteiger partial charge in [0.15, 0.2) is 0 Å². The van der Waals surface area contributed by atoms with Crippen molar-refractivity contribution in [3.8, 4) is 5.75 Å². The third-order valence-electron chi connectivity index (χ3n) is 5.69. The molecule has 182 valence electrons. The van der Waals surface area contributed by atoms with Crippen LogP contribution in [0, 0.1) is 0 Å². The van der Waals surface area contributed by atoms with Gasteiger partial charge in [-0.2, -0.15) is 0 Å². The van der Waals surface area contributed by atoms with Gasteiger partial charge in [0.25, 0.3) is 0 Å². The molecule has 1 aliphatic heterocycles.